The fourth-order valence-corrected chi connectivity index (χ4v) is 2.21. The molecule has 0 saturated carbocycles. The lowest BCUT2D eigenvalue weighted by Crippen LogP contribution is -2.17. The molecular formula is C18H17N5O2. The normalized spacial score (nSPS) is 10.8. The molecule has 0 saturated heterocycles. The fourth-order valence-electron chi connectivity index (χ4n) is 2.21. The number of para-hydroxylation sites is 1. The van der Waals surface area contributed by atoms with E-state index < -0.39 is 0 Å². The molecule has 0 atom stereocenters. The summed E-state index contributed by atoms with van der Waals surface area (Å²) in [5, 5.41) is 10.8. The van der Waals surface area contributed by atoms with Gasteiger partial charge < -0.3 is 4.74 Å². The maximum Gasteiger partial charge on any atom is 0.289 e. The molecular weight excluding hydrogens is 318 g/mol. The third kappa shape index (κ3) is 4.08. The van der Waals surface area contributed by atoms with Crippen LogP contribution < -0.4 is 10.2 Å². The summed E-state index contributed by atoms with van der Waals surface area (Å²) >= 11 is 0. The molecule has 1 amide bonds. The van der Waals surface area contributed by atoms with Crippen LogP contribution in [0.15, 0.2) is 60.0 Å². The lowest BCUT2D eigenvalue weighted by Gasteiger charge is -2.07. The summed E-state index contributed by atoms with van der Waals surface area (Å²) in [5.74, 6) is 0.345. The number of H-pyrrole nitrogens is 1. The van der Waals surface area contributed by atoms with Crippen molar-refractivity contribution < 1.29 is 9.53 Å². The number of hydrogen-bond donors (Lipinski definition) is 2. The number of hydrogen-bond acceptors (Lipinski definition) is 5. The first-order valence-electron chi connectivity index (χ1n) is 7.79. The Morgan fingerprint density at radius 3 is 2.88 bits per heavy atom. The van der Waals surface area contributed by atoms with Gasteiger partial charge in [-0.2, -0.15) is 10.2 Å². The largest absolute Gasteiger partial charge is 0.493 e. The van der Waals surface area contributed by atoms with Crippen molar-refractivity contribution >= 4 is 12.1 Å². The van der Waals surface area contributed by atoms with E-state index in [2.05, 4.69) is 25.7 Å². The molecule has 0 spiro atoms. The number of nitrogens with zero attached hydrogens (tertiary/aromatic N) is 3. The number of ether oxygens (including phenoxy) is 1. The topological polar surface area (TPSA) is 92.3 Å². The van der Waals surface area contributed by atoms with Crippen molar-refractivity contribution in [1.29, 1.82) is 0 Å². The second-order valence-electron chi connectivity index (χ2n) is 5.08. The van der Waals surface area contributed by atoms with Crippen molar-refractivity contribution in [2.24, 2.45) is 5.10 Å². The van der Waals surface area contributed by atoms with Gasteiger partial charge in [-0.3, -0.25) is 14.9 Å². The molecule has 0 fully saturated rings. The zero-order valence-corrected chi connectivity index (χ0v) is 13.6. The molecule has 7 nitrogen and oxygen atoms in total. The predicted octanol–water partition coefficient (Wildman–Crippen LogP) is 2.63. The lowest BCUT2D eigenvalue weighted by atomic mass is 10.1. The summed E-state index contributed by atoms with van der Waals surface area (Å²) in [6, 6.07) is 12.8. The number of aromatic amines is 1. The number of hydrazone groups is 1. The Morgan fingerprint density at radius 2 is 2.08 bits per heavy atom. The van der Waals surface area contributed by atoms with Crippen molar-refractivity contribution in [2.75, 3.05) is 6.61 Å². The number of carbonyl (C=O) groups excluding carboxylic acids is 1. The van der Waals surface area contributed by atoms with E-state index in [9.17, 15) is 4.79 Å². The molecule has 0 radical (unpaired) electrons. The van der Waals surface area contributed by atoms with Crippen LogP contribution in [-0.2, 0) is 0 Å². The average Bonchev–Trinajstić information content (AvgIpc) is 3.13. The van der Waals surface area contributed by atoms with E-state index in [1.165, 1.54) is 0 Å². The van der Waals surface area contributed by atoms with Crippen LogP contribution in [0.3, 0.4) is 0 Å². The Bertz CT molecular complexity index is 874. The van der Waals surface area contributed by atoms with E-state index in [4.69, 9.17) is 4.74 Å². The number of aromatic nitrogens is 3. The highest BCUT2D eigenvalue weighted by atomic mass is 16.5. The van der Waals surface area contributed by atoms with Crippen LogP contribution in [0.4, 0.5) is 0 Å². The van der Waals surface area contributed by atoms with Crippen molar-refractivity contribution in [3.63, 3.8) is 0 Å². The Morgan fingerprint density at radius 1 is 1.28 bits per heavy atom. The van der Waals surface area contributed by atoms with Gasteiger partial charge in [0.1, 0.15) is 11.4 Å². The third-order valence-corrected chi connectivity index (χ3v) is 3.37. The second kappa shape index (κ2) is 7.87. The molecule has 126 valence electrons. The average molecular weight is 335 g/mol. The Labute approximate surface area is 144 Å². The van der Waals surface area contributed by atoms with Crippen molar-refractivity contribution in [3.8, 4) is 17.0 Å². The quantitative estimate of drug-likeness (QED) is 0.535. The minimum Gasteiger partial charge on any atom is -0.493 e. The van der Waals surface area contributed by atoms with Gasteiger partial charge in [0.15, 0.2) is 0 Å². The molecule has 0 aliphatic heterocycles. The van der Waals surface area contributed by atoms with Crippen LogP contribution in [0.1, 0.15) is 23.0 Å². The van der Waals surface area contributed by atoms with Gasteiger partial charge in [0.25, 0.3) is 5.91 Å². The molecule has 0 unspecified atom stereocenters. The maximum atomic E-state index is 12.2. The van der Waals surface area contributed by atoms with E-state index >= 15 is 0 Å². The first kappa shape index (κ1) is 16.4. The van der Waals surface area contributed by atoms with E-state index in [1.807, 2.05) is 31.2 Å². The lowest BCUT2D eigenvalue weighted by molar-refractivity contribution is 0.0950. The summed E-state index contributed by atoms with van der Waals surface area (Å²) in [7, 11) is 0. The number of carbonyl (C=O) groups is 1. The molecule has 3 aromatic rings. The van der Waals surface area contributed by atoms with Crippen molar-refractivity contribution in [1.82, 2.24) is 20.6 Å². The third-order valence-electron chi connectivity index (χ3n) is 3.37. The first-order chi connectivity index (χ1) is 12.3. The Hall–Kier alpha value is -3.48. The zero-order valence-electron chi connectivity index (χ0n) is 13.6. The molecule has 0 aliphatic carbocycles. The summed E-state index contributed by atoms with van der Waals surface area (Å²) in [6.45, 7) is 2.47. The molecule has 25 heavy (non-hydrogen) atoms. The molecule has 2 N–H and O–H groups in total. The number of benzene rings is 1. The molecule has 0 bridgehead atoms. The van der Waals surface area contributed by atoms with E-state index in [1.54, 1.807) is 36.8 Å². The Balaban J connectivity index is 1.71. The van der Waals surface area contributed by atoms with Crippen LogP contribution in [0.2, 0.25) is 0 Å². The molecule has 7 heteroatoms. The van der Waals surface area contributed by atoms with Gasteiger partial charge in [-0.1, -0.05) is 12.1 Å². The van der Waals surface area contributed by atoms with Crippen molar-refractivity contribution in [2.45, 2.75) is 6.92 Å². The summed E-state index contributed by atoms with van der Waals surface area (Å²) in [6.07, 6.45) is 4.85. The first-order valence-corrected chi connectivity index (χ1v) is 7.79. The van der Waals surface area contributed by atoms with Crippen LogP contribution >= 0.6 is 0 Å². The van der Waals surface area contributed by atoms with Gasteiger partial charge in [0.2, 0.25) is 0 Å². The molecule has 1 aromatic carbocycles. The van der Waals surface area contributed by atoms with Crippen LogP contribution in [0, 0.1) is 0 Å². The van der Waals surface area contributed by atoms with Gasteiger partial charge in [-0.05, 0) is 42.8 Å². The number of nitrogens with one attached hydrogen (secondary N) is 2. The summed E-state index contributed by atoms with van der Waals surface area (Å²) in [5.41, 5.74) is 5.06. The van der Waals surface area contributed by atoms with E-state index in [0.717, 1.165) is 16.9 Å². The van der Waals surface area contributed by atoms with Crippen LogP contribution in [0.25, 0.3) is 11.3 Å². The fraction of sp³-hybridized carbons (Fsp3) is 0.111. The number of rotatable bonds is 6. The standard InChI is InChI=1S/C18H17N5O2/c1-2-25-17-6-4-3-5-14(17)15-11-16(22-21-15)18(24)23-20-12-13-7-9-19-10-8-13/h3-12H,2H2,1H3,(H,21,22)(H,23,24). The van der Waals surface area contributed by atoms with Gasteiger partial charge in [0, 0.05) is 18.0 Å². The number of amides is 1. The molecule has 3 rings (SSSR count). The molecule has 0 aliphatic rings. The SMILES string of the molecule is CCOc1ccccc1-c1cc(C(=O)NN=Cc2ccncc2)[nH]n1. The van der Waals surface area contributed by atoms with Gasteiger partial charge in [-0.25, -0.2) is 5.43 Å². The highest BCUT2D eigenvalue weighted by Gasteiger charge is 2.13. The van der Waals surface area contributed by atoms with Crippen LogP contribution in [-0.4, -0.2) is 33.9 Å². The maximum absolute atomic E-state index is 12.2. The summed E-state index contributed by atoms with van der Waals surface area (Å²) < 4.78 is 5.59. The molecule has 2 aromatic heterocycles. The highest BCUT2D eigenvalue weighted by molar-refractivity contribution is 5.94. The second-order valence-corrected chi connectivity index (χ2v) is 5.08. The monoisotopic (exact) mass is 335 g/mol. The molecule has 2 heterocycles. The van der Waals surface area contributed by atoms with Gasteiger partial charge >= 0.3 is 0 Å². The predicted molar refractivity (Wildman–Crippen MR) is 94.5 cm³/mol. The summed E-state index contributed by atoms with van der Waals surface area (Å²) in [4.78, 5) is 16.1. The zero-order chi connectivity index (χ0) is 17.5. The van der Waals surface area contributed by atoms with E-state index in [-0.39, 0.29) is 5.91 Å². The van der Waals surface area contributed by atoms with E-state index in [0.29, 0.717) is 18.0 Å². The smallest absolute Gasteiger partial charge is 0.289 e. The van der Waals surface area contributed by atoms with Crippen molar-refractivity contribution in [3.05, 3.63) is 66.1 Å². The highest BCUT2D eigenvalue weighted by Crippen LogP contribution is 2.28. The number of pyridine rings is 1. The van der Waals surface area contributed by atoms with Gasteiger partial charge in [0.05, 0.1) is 18.5 Å². The Kier molecular flexibility index (Phi) is 5.16. The van der Waals surface area contributed by atoms with Gasteiger partial charge in [-0.15, -0.1) is 0 Å². The minimum absolute atomic E-state index is 0.313. The van der Waals surface area contributed by atoms with Crippen LogP contribution in [0.5, 0.6) is 5.75 Å². The minimum atomic E-state index is -0.377.